The highest BCUT2D eigenvalue weighted by Gasteiger charge is 2.24. The first kappa shape index (κ1) is 22.5. The highest BCUT2D eigenvalue weighted by molar-refractivity contribution is 7.15. The van der Waals surface area contributed by atoms with Crippen molar-refractivity contribution in [3.05, 3.63) is 119 Å². The fraction of sp³-hybridized carbons (Fsp3) is 0.241. The number of carbonyl (C=O) groups is 1. The van der Waals surface area contributed by atoms with Gasteiger partial charge in [0.15, 0.2) is 5.13 Å². The summed E-state index contributed by atoms with van der Waals surface area (Å²) in [6, 6.07) is 30.7. The molecule has 5 heteroatoms. The van der Waals surface area contributed by atoms with E-state index in [9.17, 15) is 4.79 Å². The molecule has 34 heavy (non-hydrogen) atoms. The van der Waals surface area contributed by atoms with Crippen molar-refractivity contribution < 1.29 is 4.79 Å². The van der Waals surface area contributed by atoms with Crippen LogP contribution in [0.25, 0.3) is 0 Å². The first-order valence-corrected chi connectivity index (χ1v) is 12.7. The summed E-state index contributed by atoms with van der Waals surface area (Å²) in [6.07, 6.45) is 4.27. The number of thiazole rings is 1. The molecule has 2 heterocycles. The Balaban J connectivity index is 1.21. The number of anilines is 1. The number of amides is 1. The van der Waals surface area contributed by atoms with Gasteiger partial charge in [0.25, 0.3) is 0 Å². The average Bonchev–Trinajstić information content (AvgIpc) is 3.33. The fourth-order valence-electron chi connectivity index (χ4n) is 4.77. The molecule has 1 aromatic heterocycles. The van der Waals surface area contributed by atoms with Crippen LogP contribution < -0.4 is 5.32 Å². The lowest BCUT2D eigenvalue weighted by atomic mass is 9.89. The maximum Gasteiger partial charge on any atom is 0.238 e. The highest BCUT2D eigenvalue weighted by Crippen LogP contribution is 2.30. The largest absolute Gasteiger partial charge is 0.301 e. The molecule has 5 rings (SSSR count). The Morgan fingerprint density at radius 1 is 0.882 bits per heavy atom. The van der Waals surface area contributed by atoms with Crippen LogP contribution >= 0.6 is 11.3 Å². The van der Waals surface area contributed by atoms with Crippen LogP contribution in [0.15, 0.2) is 97.2 Å². The normalized spacial score (nSPS) is 14.9. The van der Waals surface area contributed by atoms with Crippen LogP contribution in [-0.4, -0.2) is 28.9 Å². The van der Waals surface area contributed by atoms with Gasteiger partial charge in [0.2, 0.25) is 5.91 Å². The zero-order valence-corrected chi connectivity index (χ0v) is 20.0. The Hall–Kier alpha value is -3.28. The Labute approximate surface area is 205 Å². The second kappa shape index (κ2) is 10.8. The standard InChI is InChI=1S/C29H29N3OS/c33-28(27(24-12-6-2-7-13-24)25-14-8-3-9-15-25)31-29-30-20-26(34-29)21-32-18-16-23(17-19-32)22-10-4-1-5-11-22/h1-15,20,23,27H,16-19,21H2,(H,30,31,33). The Morgan fingerprint density at radius 3 is 2.03 bits per heavy atom. The van der Waals surface area contributed by atoms with Gasteiger partial charge in [-0.05, 0) is 48.5 Å². The number of hydrogen-bond donors (Lipinski definition) is 1. The zero-order valence-electron chi connectivity index (χ0n) is 19.1. The summed E-state index contributed by atoms with van der Waals surface area (Å²) in [5, 5.41) is 3.74. The second-order valence-electron chi connectivity index (χ2n) is 8.84. The molecule has 0 atom stereocenters. The molecule has 3 aromatic carbocycles. The SMILES string of the molecule is O=C(Nc1ncc(CN2CCC(c3ccccc3)CC2)s1)C(c1ccccc1)c1ccccc1. The molecular weight excluding hydrogens is 438 g/mol. The molecule has 0 saturated carbocycles. The lowest BCUT2D eigenvalue weighted by Gasteiger charge is -2.31. The summed E-state index contributed by atoms with van der Waals surface area (Å²) in [4.78, 5) is 21.5. The van der Waals surface area contributed by atoms with E-state index in [1.54, 1.807) is 11.3 Å². The smallest absolute Gasteiger partial charge is 0.238 e. The van der Waals surface area contributed by atoms with E-state index < -0.39 is 0 Å². The van der Waals surface area contributed by atoms with E-state index in [-0.39, 0.29) is 11.8 Å². The lowest BCUT2D eigenvalue weighted by molar-refractivity contribution is -0.116. The van der Waals surface area contributed by atoms with Crippen LogP contribution in [0.2, 0.25) is 0 Å². The number of rotatable bonds is 7. The first-order chi connectivity index (χ1) is 16.8. The van der Waals surface area contributed by atoms with E-state index in [1.165, 1.54) is 23.3 Å². The number of piperidine rings is 1. The summed E-state index contributed by atoms with van der Waals surface area (Å²) < 4.78 is 0. The van der Waals surface area contributed by atoms with Crippen molar-refractivity contribution >= 4 is 22.4 Å². The van der Waals surface area contributed by atoms with Crippen molar-refractivity contribution in [1.82, 2.24) is 9.88 Å². The maximum absolute atomic E-state index is 13.3. The van der Waals surface area contributed by atoms with Crippen LogP contribution in [0.1, 0.15) is 46.2 Å². The van der Waals surface area contributed by atoms with Gasteiger partial charge in [-0.1, -0.05) is 91.0 Å². The number of benzene rings is 3. The van der Waals surface area contributed by atoms with Crippen molar-refractivity contribution in [3.63, 3.8) is 0 Å². The van der Waals surface area contributed by atoms with Gasteiger partial charge in [-0.25, -0.2) is 4.98 Å². The molecule has 0 aliphatic carbocycles. The lowest BCUT2D eigenvalue weighted by Crippen LogP contribution is -2.32. The molecule has 4 nitrogen and oxygen atoms in total. The molecule has 1 amide bonds. The number of nitrogens with one attached hydrogen (secondary N) is 1. The van der Waals surface area contributed by atoms with Crippen molar-refractivity contribution in [3.8, 4) is 0 Å². The van der Waals surface area contributed by atoms with Gasteiger partial charge in [-0.2, -0.15) is 0 Å². The van der Waals surface area contributed by atoms with Crippen molar-refractivity contribution in [2.24, 2.45) is 0 Å². The second-order valence-corrected chi connectivity index (χ2v) is 9.95. The summed E-state index contributed by atoms with van der Waals surface area (Å²) in [6.45, 7) is 3.06. The topological polar surface area (TPSA) is 45.2 Å². The molecule has 1 N–H and O–H groups in total. The molecular formula is C29H29N3OS. The third kappa shape index (κ3) is 5.44. The quantitative estimate of drug-likeness (QED) is 0.347. The first-order valence-electron chi connectivity index (χ1n) is 11.9. The van der Waals surface area contributed by atoms with Crippen LogP contribution in [0, 0.1) is 0 Å². The van der Waals surface area contributed by atoms with Gasteiger partial charge in [0.1, 0.15) is 0 Å². The third-order valence-electron chi connectivity index (χ3n) is 6.55. The minimum Gasteiger partial charge on any atom is -0.301 e. The van der Waals surface area contributed by atoms with Crippen molar-refractivity contribution in [2.75, 3.05) is 18.4 Å². The van der Waals surface area contributed by atoms with E-state index in [0.717, 1.165) is 30.8 Å². The van der Waals surface area contributed by atoms with Crippen LogP contribution in [0.3, 0.4) is 0 Å². The van der Waals surface area contributed by atoms with E-state index in [1.807, 2.05) is 66.9 Å². The minimum atomic E-state index is -0.369. The third-order valence-corrected chi connectivity index (χ3v) is 7.45. The number of carbonyl (C=O) groups excluding carboxylic acids is 1. The molecule has 1 aliphatic heterocycles. The molecule has 1 aliphatic rings. The number of aromatic nitrogens is 1. The average molecular weight is 468 g/mol. The summed E-state index contributed by atoms with van der Waals surface area (Å²) in [7, 11) is 0. The molecule has 4 aromatic rings. The van der Waals surface area contributed by atoms with Gasteiger partial charge >= 0.3 is 0 Å². The monoisotopic (exact) mass is 467 g/mol. The van der Waals surface area contributed by atoms with Crippen LogP contribution in [0.4, 0.5) is 5.13 Å². The van der Waals surface area contributed by atoms with Crippen LogP contribution in [0.5, 0.6) is 0 Å². The Bertz CT molecular complexity index is 1150. The van der Waals surface area contributed by atoms with Crippen molar-refractivity contribution in [1.29, 1.82) is 0 Å². The zero-order chi connectivity index (χ0) is 23.2. The maximum atomic E-state index is 13.3. The summed E-state index contributed by atoms with van der Waals surface area (Å²) >= 11 is 1.58. The molecule has 0 bridgehead atoms. The molecule has 1 saturated heterocycles. The van der Waals surface area contributed by atoms with E-state index in [0.29, 0.717) is 11.0 Å². The van der Waals surface area contributed by atoms with E-state index >= 15 is 0 Å². The molecule has 0 unspecified atom stereocenters. The summed E-state index contributed by atoms with van der Waals surface area (Å²) in [5.74, 6) is 0.232. The Morgan fingerprint density at radius 2 is 1.44 bits per heavy atom. The number of nitrogens with zero attached hydrogens (tertiary/aromatic N) is 2. The van der Waals surface area contributed by atoms with Crippen LogP contribution in [-0.2, 0) is 11.3 Å². The van der Waals surface area contributed by atoms with Gasteiger partial charge < -0.3 is 5.32 Å². The fourth-order valence-corrected chi connectivity index (χ4v) is 5.63. The molecule has 1 fully saturated rings. The Kier molecular flexibility index (Phi) is 7.13. The van der Waals surface area contributed by atoms with Gasteiger partial charge in [0.05, 0.1) is 5.92 Å². The van der Waals surface area contributed by atoms with E-state index in [2.05, 4.69) is 45.5 Å². The van der Waals surface area contributed by atoms with Crippen molar-refractivity contribution in [2.45, 2.75) is 31.2 Å². The van der Waals surface area contributed by atoms with Gasteiger partial charge in [-0.3, -0.25) is 9.69 Å². The van der Waals surface area contributed by atoms with Gasteiger partial charge in [0, 0.05) is 17.6 Å². The predicted molar refractivity (Wildman–Crippen MR) is 139 cm³/mol. The number of likely N-dealkylation sites (tertiary alicyclic amines) is 1. The highest BCUT2D eigenvalue weighted by atomic mass is 32.1. The molecule has 172 valence electrons. The predicted octanol–water partition coefficient (Wildman–Crippen LogP) is 6.29. The van der Waals surface area contributed by atoms with Gasteiger partial charge in [-0.15, -0.1) is 11.3 Å². The number of hydrogen-bond acceptors (Lipinski definition) is 4. The molecule has 0 spiro atoms. The summed E-state index contributed by atoms with van der Waals surface area (Å²) in [5.41, 5.74) is 3.41. The minimum absolute atomic E-state index is 0.0537. The van der Waals surface area contributed by atoms with E-state index in [4.69, 9.17) is 0 Å². The molecule has 0 radical (unpaired) electrons.